The fourth-order valence-corrected chi connectivity index (χ4v) is 17.7. The Labute approximate surface area is 506 Å². The molecule has 0 amide bonds. The van der Waals surface area contributed by atoms with Crippen molar-refractivity contribution in [1.29, 1.82) is 0 Å². The molecule has 0 saturated carbocycles. The van der Waals surface area contributed by atoms with Gasteiger partial charge in [0.1, 0.15) is 5.76 Å². The summed E-state index contributed by atoms with van der Waals surface area (Å²) in [5.41, 5.74) is 29.9. The van der Waals surface area contributed by atoms with Crippen LogP contribution in [-0.2, 0) is 54.1 Å². The van der Waals surface area contributed by atoms with E-state index in [1.165, 1.54) is 142 Å². The van der Waals surface area contributed by atoms with E-state index in [9.17, 15) is 0 Å². The molecule has 5 aliphatic carbocycles. The topological polar surface area (TPSA) is 19.6 Å². The second kappa shape index (κ2) is 17.5. The van der Waals surface area contributed by atoms with Gasteiger partial charge in [-0.2, -0.15) is 0 Å². The van der Waals surface area contributed by atoms with Gasteiger partial charge in [-0.05, 0) is 245 Å². The minimum absolute atomic E-state index is 0.00135. The summed E-state index contributed by atoms with van der Waals surface area (Å²) in [5.74, 6) is 1.18. The summed E-state index contributed by atoms with van der Waals surface area (Å²) in [6.07, 6.45) is 11.5. The Morgan fingerprint density at radius 3 is 1.20 bits per heavy atom. The molecular formula is C80H97BN2O. The normalized spacial score (nSPS) is 22.9. The molecule has 84 heavy (non-hydrogen) atoms. The van der Waals surface area contributed by atoms with Crippen LogP contribution in [0.2, 0.25) is 0 Å². The highest BCUT2D eigenvalue weighted by Gasteiger charge is 2.54. The van der Waals surface area contributed by atoms with Crippen LogP contribution in [0, 0.1) is 0 Å². The van der Waals surface area contributed by atoms with E-state index < -0.39 is 0 Å². The molecule has 0 unspecified atom stereocenters. The summed E-state index contributed by atoms with van der Waals surface area (Å²) < 4.78 is 8.06. The van der Waals surface area contributed by atoms with E-state index in [0.717, 1.165) is 50.6 Å². The fraction of sp³-hybridized carbons (Fsp3) is 0.500. The van der Waals surface area contributed by atoms with E-state index in [2.05, 4.69) is 251 Å². The van der Waals surface area contributed by atoms with Gasteiger partial charge in [0.15, 0.2) is 0 Å². The highest BCUT2D eigenvalue weighted by atomic mass is 16.3. The molecule has 14 rings (SSSR count). The van der Waals surface area contributed by atoms with Crippen molar-refractivity contribution in [1.82, 2.24) is 0 Å². The summed E-state index contributed by atoms with van der Waals surface area (Å²) in [4.78, 5) is 5.55. The number of hydrogen-bond donors (Lipinski definition) is 0. The lowest BCUT2D eigenvalue weighted by molar-refractivity contribution is 0.282. The molecule has 2 aliphatic heterocycles. The summed E-state index contributed by atoms with van der Waals surface area (Å²) in [7, 11) is 0. The molecule has 436 valence electrons. The number of furan rings is 1. The van der Waals surface area contributed by atoms with Gasteiger partial charge in [-0.1, -0.05) is 187 Å². The van der Waals surface area contributed by atoms with Crippen molar-refractivity contribution in [3.8, 4) is 22.3 Å². The number of anilines is 6. The Morgan fingerprint density at radius 2 is 0.714 bits per heavy atom. The van der Waals surface area contributed by atoms with Crippen LogP contribution in [0.3, 0.4) is 0 Å². The first-order valence-corrected chi connectivity index (χ1v) is 32.8. The van der Waals surface area contributed by atoms with Gasteiger partial charge in [-0.25, -0.2) is 0 Å². The van der Waals surface area contributed by atoms with E-state index in [-0.39, 0.29) is 60.9 Å². The molecule has 0 saturated heterocycles. The second-order valence-corrected chi connectivity index (χ2v) is 34.6. The highest BCUT2D eigenvalue weighted by molar-refractivity contribution is 6.99. The van der Waals surface area contributed by atoms with E-state index in [1.54, 1.807) is 0 Å². The zero-order valence-corrected chi connectivity index (χ0v) is 55.3. The van der Waals surface area contributed by atoms with Gasteiger partial charge in [0.2, 0.25) is 0 Å². The van der Waals surface area contributed by atoms with Gasteiger partial charge in [0, 0.05) is 39.4 Å². The minimum Gasteiger partial charge on any atom is -0.472 e. The minimum atomic E-state index is -0.153. The summed E-state index contributed by atoms with van der Waals surface area (Å²) in [6, 6.07) is 42.8. The molecule has 0 fully saturated rings. The average molecular weight is 1110 g/mol. The first kappa shape index (κ1) is 56.1. The molecule has 6 aromatic carbocycles. The zero-order valence-electron chi connectivity index (χ0n) is 55.3. The van der Waals surface area contributed by atoms with Gasteiger partial charge in [-0.15, -0.1) is 0 Å². The van der Waals surface area contributed by atoms with Crippen LogP contribution >= 0.6 is 0 Å². The molecule has 1 aromatic heterocycles. The van der Waals surface area contributed by atoms with Crippen molar-refractivity contribution in [2.75, 3.05) is 9.80 Å². The second-order valence-electron chi connectivity index (χ2n) is 34.6. The maximum absolute atomic E-state index is 8.06. The third-order valence-corrected chi connectivity index (χ3v) is 24.1. The first-order valence-electron chi connectivity index (χ1n) is 32.8. The SMILES string of the molecule is CC1(C)CCC(C)(C)c2cc(N3c4cc5c(cc4B4c6oc7c(c6N(c6ccc8c(c6)C(C)(C)CCC8(C)C)c6cc(-c8cc9c(cc8-c8ccccc8)C(C)(C)CCC9(C)C)cc3c64)C(C)(C)CCC7(C)C)C(C)(C)CCC5(C)C)ccc21. The Hall–Kier alpha value is -5.74. The number of rotatable bonds is 4. The lowest BCUT2D eigenvalue weighted by Gasteiger charge is -2.48. The number of hydrogen-bond acceptors (Lipinski definition) is 3. The zero-order chi connectivity index (χ0) is 59.8. The van der Waals surface area contributed by atoms with Gasteiger partial charge in [-0.3, -0.25) is 0 Å². The van der Waals surface area contributed by atoms with Gasteiger partial charge < -0.3 is 14.2 Å². The molecule has 0 atom stereocenters. The lowest BCUT2D eigenvalue weighted by atomic mass is 9.35. The van der Waals surface area contributed by atoms with E-state index in [1.807, 2.05) is 0 Å². The Bertz CT molecular complexity index is 3940. The van der Waals surface area contributed by atoms with Crippen LogP contribution in [0.4, 0.5) is 34.1 Å². The monoisotopic (exact) mass is 1110 g/mol. The maximum atomic E-state index is 8.06. The van der Waals surface area contributed by atoms with Crippen molar-refractivity contribution < 1.29 is 4.42 Å². The maximum Gasteiger partial charge on any atom is 0.297 e. The third-order valence-electron chi connectivity index (χ3n) is 24.1. The van der Waals surface area contributed by atoms with E-state index in [0.29, 0.717) is 0 Å². The predicted molar refractivity (Wildman–Crippen MR) is 360 cm³/mol. The van der Waals surface area contributed by atoms with E-state index in [4.69, 9.17) is 4.42 Å². The summed E-state index contributed by atoms with van der Waals surface area (Å²) >= 11 is 0. The Kier molecular flexibility index (Phi) is 11.7. The standard InChI is InChI=1S/C80H97BN2O/c1-71(2)30-32-73(5,6)56-42-50(26-28-54(56)71)82-63-47-61-60(77(13,14)36-37-78(61,15)16)46-62(63)81-67-64(82)40-49(53-45-59-58(75(9,10)34-35-76(59,11)12)44-52(53)48-24-22-21-23-25-48)41-65(67)83(51-27-29-55-57(43-51)74(7,8)33-31-72(55,3)4)68-66-69(84-70(68)81)80(19,20)39-38-79(66,17)18/h21-29,40-47H,30-39H2,1-20H3. The predicted octanol–water partition coefficient (Wildman–Crippen LogP) is 20.4. The Morgan fingerprint density at radius 1 is 0.333 bits per heavy atom. The van der Waals surface area contributed by atoms with Crippen LogP contribution in [0.5, 0.6) is 0 Å². The molecule has 7 aromatic rings. The van der Waals surface area contributed by atoms with Crippen molar-refractivity contribution in [3.63, 3.8) is 0 Å². The van der Waals surface area contributed by atoms with Crippen LogP contribution in [0.1, 0.15) is 259 Å². The third kappa shape index (κ3) is 8.08. The molecule has 0 spiro atoms. The molecule has 0 bridgehead atoms. The smallest absolute Gasteiger partial charge is 0.297 e. The average Bonchev–Trinajstić information content (AvgIpc) is 1.34. The number of benzene rings is 6. The molecular weight excluding hydrogens is 1020 g/mol. The van der Waals surface area contributed by atoms with E-state index >= 15 is 0 Å². The summed E-state index contributed by atoms with van der Waals surface area (Å²) in [5, 5.41) is 0. The number of fused-ring (bicyclic) bond motifs is 10. The van der Waals surface area contributed by atoms with Crippen LogP contribution < -0.4 is 26.4 Å². The van der Waals surface area contributed by atoms with Crippen LogP contribution in [0.25, 0.3) is 22.3 Å². The van der Waals surface area contributed by atoms with Gasteiger partial charge in [0.25, 0.3) is 6.71 Å². The van der Waals surface area contributed by atoms with Gasteiger partial charge in [0.05, 0.1) is 11.3 Å². The quantitative estimate of drug-likeness (QED) is 0.164. The van der Waals surface area contributed by atoms with Crippen molar-refractivity contribution in [3.05, 3.63) is 159 Å². The first-order chi connectivity index (χ1) is 39.1. The van der Waals surface area contributed by atoms with Crippen LogP contribution in [-0.4, -0.2) is 6.71 Å². The molecule has 0 N–H and O–H groups in total. The largest absolute Gasteiger partial charge is 0.472 e. The molecule has 7 aliphatic rings. The van der Waals surface area contributed by atoms with Crippen molar-refractivity contribution in [2.45, 2.75) is 257 Å². The Balaban J connectivity index is 1.18. The molecule has 0 radical (unpaired) electrons. The van der Waals surface area contributed by atoms with Gasteiger partial charge >= 0.3 is 0 Å². The molecule has 4 heteroatoms. The molecule has 3 heterocycles. The number of nitrogens with zero attached hydrogens (tertiary/aromatic N) is 2. The van der Waals surface area contributed by atoms with Crippen LogP contribution in [0.15, 0.2) is 108 Å². The van der Waals surface area contributed by atoms with Crippen molar-refractivity contribution >= 4 is 57.4 Å². The van der Waals surface area contributed by atoms with Crippen molar-refractivity contribution in [2.24, 2.45) is 0 Å². The fourth-order valence-electron chi connectivity index (χ4n) is 17.7. The highest BCUT2D eigenvalue weighted by Crippen LogP contribution is 2.59. The lowest BCUT2D eigenvalue weighted by Crippen LogP contribution is -2.61. The summed E-state index contributed by atoms with van der Waals surface area (Å²) in [6.45, 7) is 49.7. The molecule has 3 nitrogen and oxygen atoms in total.